The van der Waals surface area contributed by atoms with Gasteiger partial charge in [0.1, 0.15) is 5.82 Å². The van der Waals surface area contributed by atoms with E-state index < -0.39 is 0 Å². The zero-order valence-electron chi connectivity index (χ0n) is 9.04. The maximum absolute atomic E-state index is 13.1. The Balaban J connectivity index is 2.15. The molecule has 1 saturated carbocycles. The lowest BCUT2D eigenvalue weighted by molar-refractivity contribution is 0.489. The van der Waals surface area contributed by atoms with Crippen molar-refractivity contribution in [2.75, 3.05) is 6.54 Å². The molecular formula is C12H17FN2. The first-order valence-electron chi connectivity index (χ1n) is 5.65. The highest BCUT2D eigenvalue weighted by Crippen LogP contribution is 2.34. The average Bonchev–Trinajstić information content (AvgIpc) is 2.66. The van der Waals surface area contributed by atoms with Crippen LogP contribution in [0.1, 0.15) is 37.7 Å². The average molecular weight is 208 g/mol. The number of pyridine rings is 1. The van der Waals surface area contributed by atoms with Crippen molar-refractivity contribution in [2.24, 2.45) is 0 Å². The Morgan fingerprint density at radius 1 is 1.47 bits per heavy atom. The largest absolute Gasteiger partial charge is 0.314 e. The molecule has 0 aromatic carbocycles. The molecule has 1 fully saturated rings. The zero-order chi connectivity index (χ0) is 10.7. The van der Waals surface area contributed by atoms with Gasteiger partial charge in [0.25, 0.3) is 0 Å². The van der Waals surface area contributed by atoms with Crippen molar-refractivity contribution in [3.05, 3.63) is 29.8 Å². The van der Waals surface area contributed by atoms with E-state index in [1.54, 1.807) is 12.3 Å². The molecule has 3 heteroatoms. The second-order valence-corrected chi connectivity index (χ2v) is 4.14. The lowest BCUT2D eigenvalue weighted by Crippen LogP contribution is -2.30. The van der Waals surface area contributed by atoms with Crippen molar-refractivity contribution in [2.45, 2.75) is 38.1 Å². The summed E-state index contributed by atoms with van der Waals surface area (Å²) in [6, 6.07) is 2.12. The van der Waals surface area contributed by atoms with Gasteiger partial charge in [-0.3, -0.25) is 4.98 Å². The molecule has 0 spiro atoms. The second kappa shape index (κ2) is 4.71. The summed E-state index contributed by atoms with van der Waals surface area (Å²) in [7, 11) is 0. The SMILES string of the molecule is CCNC1CCCC1c1cncc(F)c1. The minimum Gasteiger partial charge on any atom is -0.314 e. The molecule has 2 atom stereocenters. The maximum Gasteiger partial charge on any atom is 0.141 e. The molecule has 1 aromatic rings. The van der Waals surface area contributed by atoms with Crippen LogP contribution in [-0.2, 0) is 0 Å². The van der Waals surface area contributed by atoms with E-state index in [0.29, 0.717) is 12.0 Å². The smallest absolute Gasteiger partial charge is 0.141 e. The van der Waals surface area contributed by atoms with Crippen LogP contribution in [0.15, 0.2) is 18.5 Å². The third kappa shape index (κ3) is 2.34. The summed E-state index contributed by atoms with van der Waals surface area (Å²) in [5.41, 5.74) is 1.04. The minimum absolute atomic E-state index is 0.227. The lowest BCUT2D eigenvalue weighted by atomic mass is 9.95. The third-order valence-corrected chi connectivity index (χ3v) is 3.14. The van der Waals surface area contributed by atoms with Crippen LogP contribution in [0, 0.1) is 5.82 Å². The van der Waals surface area contributed by atoms with Crippen LogP contribution in [0.2, 0.25) is 0 Å². The molecule has 1 aliphatic rings. The highest BCUT2D eigenvalue weighted by molar-refractivity contribution is 5.19. The molecule has 2 unspecified atom stereocenters. The predicted octanol–water partition coefficient (Wildman–Crippen LogP) is 2.47. The Kier molecular flexibility index (Phi) is 3.31. The Labute approximate surface area is 89.9 Å². The first-order valence-corrected chi connectivity index (χ1v) is 5.65. The van der Waals surface area contributed by atoms with E-state index in [0.717, 1.165) is 18.5 Å². The number of hydrogen-bond acceptors (Lipinski definition) is 2. The molecule has 15 heavy (non-hydrogen) atoms. The molecule has 82 valence electrons. The van der Waals surface area contributed by atoms with Gasteiger partial charge in [-0.05, 0) is 31.0 Å². The van der Waals surface area contributed by atoms with Crippen molar-refractivity contribution in [3.8, 4) is 0 Å². The lowest BCUT2D eigenvalue weighted by Gasteiger charge is -2.20. The van der Waals surface area contributed by atoms with Crippen molar-refractivity contribution in [1.82, 2.24) is 10.3 Å². The molecule has 0 saturated heterocycles. The summed E-state index contributed by atoms with van der Waals surface area (Å²) in [6.07, 6.45) is 6.61. The molecule has 0 amide bonds. The Morgan fingerprint density at radius 3 is 3.07 bits per heavy atom. The van der Waals surface area contributed by atoms with Crippen LogP contribution in [0.3, 0.4) is 0 Å². The van der Waals surface area contributed by atoms with Crippen LogP contribution in [0.5, 0.6) is 0 Å². The van der Waals surface area contributed by atoms with Crippen LogP contribution in [0.25, 0.3) is 0 Å². The van der Waals surface area contributed by atoms with E-state index in [9.17, 15) is 4.39 Å². The quantitative estimate of drug-likeness (QED) is 0.825. The Morgan fingerprint density at radius 2 is 2.33 bits per heavy atom. The van der Waals surface area contributed by atoms with Gasteiger partial charge in [-0.15, -0.1) is 0 Å². The predicted molar refractivity (Wildman–Crippen MR) is 58.3 cm³/mol. The Bertz CT molecular complexity index is 327. The molecule has 2 rings (SSSR count). The van der Waals surface area contributed by atoms with Gasteiger partial charge < -0.3 is 5.32 Å². The van der Waals surface area contributed by atoms with Gasteiger partial charge in [-0.25, -0.2) is 4.39 Å². The maximum atomic E-state index is 13.1. The first kappa shape index (κ1) is 10.6. The molecule has 0 radical (unpaired) electrons. The molecule has 1 heterocycles. The van der Waals surface area contributed by atoms with Crippen LogP contribution >= 0.6 is 0 Å². The Hall–Kier alpha value is -0.960. The standard InChI is InChI=1S/C12H17FN2/c1-2-15-12-5-3-4-11(12)9-6-10(13)8-14-7-9/h6-8,11-12,15H,2-5H2,1H3. The van der Waals surface area contributed by atoms with Crippen molar-refractivity contribution < 1.29 is 4.39 Å². The summed E-state index contributed by atoms with van der Waals surface area (Å²) >= 11 is 0. The minimum atomic E-state index is -0.227. The van der Waals surface area contributed by atoms with Crippen molar-refractivity contribution in [3.63, 3.8) is 0 Å². The number of hydrogen-bond donors (Lipinski definition) is 1. The highest BCUT2D eigenvalue weighted by atomic mass is 19.1. The van der Waals surface area contributed by atoms with E-state index in [-0.39, 0.29) is 5.82 Å². The molecule has 2 nitrogen and oxygen atoms in total. The number of nitrogens with one attached hydrogen (secondary N) is 1. The van der Waals surface area contributed by atoms with Gasteiger partial charge in [0, 0.05) is 18.2 Å². The van der Waals surface area contributed by atoms with E-state index in [1.807, 2.05) is 0 Å². The molecule has 1 aliphatic carbocycles. The molecule has 1 N–H and O–H groups in total. The third-order valence-electron chi connectivity index (χ3n) is 3.14. The fourth-order valence-electron chi connectivity index (χ4n) is 2.50. The summed E-state index contributed by atoms with van der Waals surface area (Å²) in [5.74, 6) is 0.211. The van der Waals surface area contributed by atoms with Gasteiger partial charge in [-0.2, -0.15) is 0 Å². The number of likely N-dealkylation sites (N-methyl/N-ethyl adjacent to an activating group) is 1. The number of nitrogens with zero attached hydrogens (tertiary/aromatic N) is 1. The topological polar surface area (TPSA) is 24.9 Å². The number of rotatable bonds is 3. The van der Waals surface area contributed by atoms with Crippen LogP contribution in [0.4, 0.5) is 4.39 Å². The van der Waals surface area contributed by atoms with Gasteiger partial charge in [0.05, 0.1) is 6.20 Å². The van der Waals surface area contributed by atoms with Gasteiger partial charge in [0.15, 0.2) is 0 Å². The summed E-state index contributed by atoms with van der Waals surface area (Å²) < 4.78 is 13.1. The molecular weight excluding hydrogens is 191 g/mol. The second-order valence-electron chi connectivity index (χ2n) is 4.14. The number of aromatic nitrogens is 1. The highest BCUT2D eigenvalue weighted by Gasteiger charge is 2.28. The van der Waals surface area contributed by atoms with E-state index in [2.05, 4.69) is 17.2 Å². The zero-order valence-corrected chi connectivity index (χ0v) is 9.04. The van der Waals surface area contributed by atoms with Gasteiger partial charge in [-0.1, -0.05) is 13.3 Å². The fourth-order valence-corrected chi connectivity index (χ4v) is 2.50. The summed E-state index contributed by atoms with van der Waals surface area (Å²) in [4.78, 5) is 3.92. The van der Waals surface area contributed by atoms with Crippen LogP contribution in [-0.4, -0.2) is 17.6 Å². The first-order chi connectivity index (χ1) is 7.31. The van der Waals surface area contributed by atoms with E-state index in [4.69, 9.17) is 0 Å². The monoisotopic (exact) mass is 208 g/mol. The van der Waals surface area contributed by atoms with Crippen molar-refractivity contribution >= 4 is 0 Å². The van der Waals surface area contributed by atoms with Gasteiger partial charge in [0.2, 0.25) is 0 Å². The van der Waals surface area contributed by atoms with Gasteiger partial charge >= 0.3 is 0 Å². The number of halogens is 1. The normalized spacial score (nSPS) is 25.7. The van der Waals surface area contributed by atoms with Crippen molar-refractivity contribution in [1.29, 1.82) is 0 Å². The van der Waals surface area contributed by atoms with E-state index >= 15 is 0 Å². The fraction of sp³-hybridized carbons (Fsp3) is 0.583. The summed E-state index contributed by atoms with van der Waals surface area (Å²) in [6.45, 7) is 3.09. The molecule has 1 aromatic heterocycles. The van der Waals surface area contributed by atoms with Crippen LogP contribution < -0.4 is 5.32 Å². The molecule has 0 aliphatic heterocycles. The van der Waals surface area contributed by atoms with E-state index in [1.165, 1.54) is 19.0 Å². The summed E-state index contributed by atoms with van der Waals surface area (Å²) in [5, 5.41) is 3.46. The molecule has 0 bridgehead atoms.